The summed E-state index contributed by atoms with van der Waals surface area (Å²) >= 11 is 0. The van der Waals surface area contributed by atoms with E-state index in [9.17, 15) is 8.42 Å². The van der Waals surface area contributed by atoms with Crippen molar-refractivity contribution in [1.29, 1.82) is 0 Å². The summed E-state index contributed by atoms with van der Waals surface area (Å²) in [6.07, 6.45) is 5.53. The second kappa shape index (κ2) is 11.7. The number of halogens is 1. The van der Waals surface area contributed by atoms with Crippen molar-refractivity contribution in [2.24, 2.45) is 10.9 Å². The van der Waals surface area contributed by atoms with Gasteiger partial charge in [0.1, 0.15) is 9.84 Å². The van der Waals surface area contributed by atoms with Crippen molar-refractivity contribution in [1.82, 2.24) is 20.4 Å². The first-order chi connectivity index (χ1) is 10.8. The quantitative estimate of drug-likeness (QED) is 0.324. The van der Waals surface area contributed by atoms with Crippen molar-refractivity contribution in [3.8, 4) is 0 Å². The van der Waals surface area contributed by atoms with E-state index in [0.717, 1.165) is 19.0 Å². The van der Waals surface area contributed by atoms with Crippen molar-refractivity contribution < 1.29 is 8.42 Å². The molecule has 7 nitrogen and oxygen atoms in total. The molecule has 0 aliphatic heterocycles. The number of hydrogen-bond donors (Lipinski definition) is 2. The zero-order valence-electron chi connectivity index (χ0n) is 14.9. The molecule has 0 saturated carbocycles. The smallest absolute Gasteiger partial charge is 0.191 e. The minimum Gasteiger partial charge on any atom is -0.357 e. The average Bonchev–Trinajstić information content (AvgIpc) is 2.95. The monoisotopic (exact) mass is 471 g/mol. The molecule has 2 atom stereocenters. The summed E-state index contributed by atoms with van der Waals surface area (Å²) in [4.78, 5) is 4.58. The van der Waals surface area contributed by atoms with Crippen molar-refractivity contribution in [3.63, 3.8) is 0 Å². The molecular weight excluding hydrogens is 441 g/mol. The molecule has 0 fully saturated rings. The Morgan fingerprint density at radius 1 is 1.38 bits per heavy atom. The Bertz CT molecular complexity index is 575. The van der Waals surface area contributed by atoms with Crippen LogP contribution in [0.3, 0.4) is 0 Å². The maximum atomic E-state index is 11.2. The number of nitrogens with zero attached hydrogens (tertiary/aromatic N) is 3. The lowest BCUT2D eigenvalue weighted by atomic mass is 10.2. The Morgan fingerprint density at radius 2 is 2.08 bits per heavy atom. The molecule has 0 spiro atoms. The number of sulfone groups is 1. The lowest BCUT2D eigenvalue weighted by Gasteiger charge is -2.18. The fourth-order valence-electron chi connectivity index (χ4n) is 2.05. The molecule has 0 aliphatic rings. The summed E-state index contributed by atoms with van der Waals surface area (Å²) < 4.78 is 24.4. The third-order valence-corrected chi connectivity index (χ3v) is 4.25. The molecule has 0 aromatic carbocycles. The van der Waals surface area contributed by atoms with Crippen LogP contribution in [0.25, 0.3) is 0 Å². The standard InChI is InChI=1S/C15H29N5O2S.HI/c1-5-16-15(19-14(3)7-10-23(4,21)22)17-11-13(2)12-20-9-6-8-18-20;/h6,8-9,13-14H,5,7,10-12H2,1-4H3,(H2,16,17,19);1H. The molecule has 140 valence electrons. The summed E-state index contributed by atoms with van der Waals surface area (Å²) in [5.41, 5.74) is 0. The largest absolute Gasteiger partial charge is 0.357 e. The Hall–Kier alpha value is -0.840. The van der Waals surface area contributed by atoms with Crippen LogP contribution >= 0.6 is 24.0 Å². The van der Waals surface area contributed by atoms with Crippen LogP contribution in [0.2, 0.25) is 0 Å². The molecule has 1 heterocycles. The lowest BCUT2D eigenvalue weighted by molar-refractivity contribution is 0.457. The van der Waals surface area contributed by atoms with Gasteiger partial charge in [-0.25, -0.2) is 8.42 Å². The predicted octanol–water partition coefficient (Wildman–Crippen LogP) is 1.52. The van der Waals surface area contributed by atoms with Crippen molar-refractivity contribution in [2.45, 2.75) is 39.8 Å². The predicted molar refractivity (Wildman–Crippen MR) is 110 cm³/mol. The van der Waals surface area contributed by atoms with E-state index in [1.54, 1.807) is 6.20 Å². The zero-order chi connectivity index (χ0) is 17.3. The molecule has 1 aromatic heterocycles. The lowest BCUT2D eigenvalue weighted by Crippen LogP contribution is -2.43. The van der Waals surface area contributed by atoms with Gasteiger partial charge >= 0.3 is 0 Å². The first kappa shape index (κ1) is 23.2. The number of aliphatic imine (C=N–C) groups is 1. The second-order valence-corrected chi connectivity index (χ2v) is 8.28. The molecule has 24 heavy (non-hydrogen) atoms. The van der Waals surface area contributed by atoms with E-state index in [0.29, 0.717) is 18.9 Å². The van der Waals surface area contributed by atoms with Crippen molar-refractivity contribution >= 4 is 39.8 Å². The van der Waals surface area contributed by atoms with Crippen LogP contribution in [0, 0.1) is 5.92 Å². The van der Waals surface area contributed by atoms with Crippen LogP contribution in [-0.2, 0) is 16.4 Å². The fraction of sp³-hybridized carbons (Fsp3) is 0.733. The average molecular weight is 471 g/mol. The number of rotatable bonds is 9. The molecule has 9 heteroatoms. The van der Waals surface area contributed by atoms with E-state index >= 15 is 0 Å². The summed E-state index contributed by atoms with van der Waals surface area (Å²) in [6, 6.07) is 1.95. The van der Waals surface area contributed by atoms with Gasteiger partial charge in [0.25, 0.3) is 0 Å². The van der Waals surface area contributed by atoms with Crippen LogP contribution in [0.5, 0.6) is 0 Å². The maximum absolute atomic E-state index is 11.2. The molecule has 0 radical (unpaired) electrons. The summed E-state index contributed by atoms with van der Waals surface area (Å²) in [7, 11) is -2.93. The van der Waals surface area contributed by atoms with Crippen LogP contribution in [0.4, 0.5) is 0 Å². The number of nitrogens with one attached hydrogen (secondary N) is 2. The van der Waals surface area contributed by atoms with Gasteiger partial charge in [-0.3, -0.25) is 9.67 Å². The number of aromatic nitrogens is 2. The van der Waals surface area contributed by atoms with Gasteiger partial charge < -0.3 is 10.6 Å². The van der Waals surface area contributed by atoms with Crippen molar-refractivity contribution in [3.05, 3.63) is 18.5 Å². The summed E-state index contributed by atoms with van der Waals surface area (Å²) in [5.74, 6) is 1.26. The zero-order valence-corrected chi connectivity index (χ0v) is 18.0. The summed E-state index contributed by atoms with van der Waals surface area (Å²) in [5, 5.41) is 10.6. The maximum Gasteiger partial charge on any atom is 0.191 e. The van der Waals surface area contributed by atoms with Gasteiger partial charge in [0, 0.05) is 44.3 Å². The van der Waals surface area contributed by atoms with Crippen LogP contribution in [0.15, 0.2) is 23.5 Å². The van der Waals surface area contributed by atoms with Crippen LogP contribution < -0.4 is 10.6 Å². The molecule has 0 aliphatic carbocycles. The third-order valence-electron chi connectivity index (χ3n) is 3.27. The Balaban J connectivity index is 0.00000529. The van der Waals surface area contributed by atoms with Crippen LogP contribution in [-0.4, -0.2) is 55.3 Å². The highest BCUT2D eigenvalue weighted by atomic mass is 127. The Kier molecular flexibility index (Phi) is 11.3. The highest BCUT2D eigenvalue weighted by molar-refractivity contribution is 14.0. The third kappa shape index (κ3) is 10.8. The van der Waals surface area contributed by atoms with Gasteiger partial charge in [-0.05, 0) is 32.3 Å². The van der Waals surface area contributed by atoms with Crippen LogP contribution in [0.1, 0.15) is 27.2 Å². The Labute approximate surface area is 162 Å². The SMILES string of the molecule is CCNC(=NCC(C)Cn1cccn1)NC(C)CCS(C)(=O)=O.I. The van der Waals surface area contributed by atoms with Gasteiger partial charge in [0.2, 0.25) is 0 Å². The fourth-order valence-corrected chi connectivity index (χ4v) is 2.83. The van der Waals surface area contributed by atoms with E-state index in [-0.39, 0.29) is 35.8 Å². The highest BCUT2D eigenvalue weighted by Crippen LogP contribution is 2.01. The molecule has 0 saturated heterocycles. The second-order valence-electron chi connectivity index (χ2n) is 6.02. The first-order valence-corrected chi connectivity index (χ1v) is 10.1. The molecule has 2 N–H and O–H groups in total. The molecule has 0 bridgehead atoms. The van der Waals surface area contributed by atoms with Gasteiger partial charge in [0.05, 0.1) is 5.75 Å². The minimum atomic E-state index is -2.93. The molecule has 0 amide bonds. The Morgan fingerprint density at radius 3 is 2.62 bits per heavy atom. The molecule has 1 aromatic rings. The molecule has 2 unspecified atom stereocenters. The molecular formula is C15H30IN5O2S. The van der Waals surface area contributed by atoms with Gasteiger partial charge in [0.15, 0.2) is 5.96 Å². The van der Waals surface area contributed by atoms with E-state index in [1.807, 2.05) is 30.8 Å². The van der Waals surface area contributed by atoms with E-state index in [1.165, 1.54) is 6.26 Å². The summed E-state index contributed by atoms with van der Waals surface area (Å²) in [6.45, 7) is 8.35. The van der Waals surface area contributed by atoms with Crippen molar-refractivity contribution in [2.75, 3.05) is 25.1 Å². The molecule has 1 rings (SSSR count). The van der Waals surface area contributed by atoms with Gasteiger partial charge in [-0.15, -0.1) is 24.0 Å². The highest BCUT2D eigenvalue weighted by Gasteiger charge is 2.10. The van der Waals surface area contributed by atoms with E-state index in [2.05, 4.69) is 27.6 Å². The van der Waals surface area contributed by atoms with Gasteiger partial charge in [-0.1, -0.05) is 6.92 Å². The minimum absolute atomic E-state index is 0. The van der Waals surface area contributed by atoms with Gasteiger partial charge in [-0.2, -0.15) is 5.10 Å². The normalized spacial score (nSPS) is 14.6. The van der Waals surface area contributed by atoms with E-state index < -0.39 is 9.84 Å². The number of hydrogen-bond acceptors (Lipinski definition) is 4. The number of guanidine groups is 1. The van der Waals surface area contributed by atoms with E-state index in [4.69, 9.17) is 0 Å². The first-order valence-electron chi connectivity index (χ1n) is 8.00. The topological polar surface area (TPSA) is 88.4 Å².